The van der Waals surface area contributed by atoms with Crippen molar-refractivity contribution in [2.24, 2.45) is 0 Å². The molecule has 0 saturated heterocycles. The van der Waals surface area contributed by atoms with Gasteiger partial charge in [-0.1, -0.05) is 0 Å². The van der Waals surface area contributed by atoms with Crippen LogP contribution >= 0.6 is 6.83 Å². The molecule has 0 aromatic carbocycles. The molecule has 3 heteroatoms. The first kappa shape index (κ1) is 21.6. The Kier molecular flexibility index (Phi) is 12.6. The number of hydrogen-bond acceptors (Lipinski definition) is 1. The van der Waals surface area contributed by atoms with Gasteiger partial charge in [-0.25, -0.2) is 0 Å². The van der Waals surface area contributed by atoms with Crippen LogP contribution in [0.3, 0.4) is 0 Å². The van der Waals surface area contributed by atoms with Crippen LogP contribution < -0.4 is 0 Å². The van der Waals surface area contributed by atoms with Crippen LogP contribution in [0.25, 0.3) is 0 Å². The van der Waals surface area contributed by atoms with Crippen LogP contribution in [-0.4, -0.2) is 35.0 Å². The zero-order valence-electron chi connectivity index (χ0n) is 13.9. The monoisotopic (exact) mass is 294 g/mol. The van der Waals surface area contributed by atoms with E-state index in [1.807, 2.05) is 0 Å². The van der Waals surface area contributed by atoms with Gasteiger partial charge in [0.1, 0.15) is 0 Å². The number of rotatable bonds is 12. The van der Waals surface area contributed by atoms with Crippen molar-refractivity contribution >= 4 is 6.83 Å². The Hall–Kier alpha value is 0.350. The topological polar surface area (TPSA) is 51.7 Å². The summed E-state index contributed by atoms with van der Waals surface area (Å²) in [4.78, 5) is 11.6. The van der Waals surface area contributed by atoms with E-state index in [4.69, 9.17) is 0 Å². The maximum atomic E-state index is 11.6. The minimum atomic E-state index is -2.36. The molecule has 0 fully saturated rings. The van der Waals surface area contributed by atoms with Crippen LogP contribution in [0.5, 0.6) is 0 Å². The number of unbranched alkanes of at least 4 members (excludes halogenated alkanes) is 4. The van der Waals surface area contributed by atoms with Crippen LogP contribution in [0.2, 0.25) is 0 Å². The molecule has 19 heavy (non-hydrogen) atoms. The third kappa shape index (κ3) is 8.27. The zero-order chi connectivity index (χ0) is 13.9. The molecule has 0 aromatic rings. The zero-order valence-corrected chi connectivity index (χ0v) is 14.8. The van der Waals surface area contributed by atoms with Gasteiger partial charge in [0.2, 0.25) is 0 Å². The molecule has 0 rings (SSSR count). The Morgan fingerprint density at radius 3 is 0.947 bits per heavy atom. The smallest absolute Gasteiger partial charge is 0.412 e. The van der Waals surface area contributed by atoms with Crippen molar-refractivity contribution in [3.8, 4) is 0 Å². The van der Waals surface area contributed by atoms with Gasteiger partial charge in [-0.05, 0) is 0 Å². The molecule has 3 N–H and O–H groups in total. The minimum absolute atomic E-state index is 0. The van der Waals surface area contributed by atoms with Gasteiger partial charge in [0.15, 0.2) is 0 Å². The van der Waals surface area contributed by atoms with Crippen molar-refractivity contribution < 1.29 is 10.4 Å². The van der Waals surface area contributed by atoms with Gasteiger partial charge >= 0.3 is 115 Å². The van der Waals surface area contributed by atoms with E-state index in [9.17, 15) is 4.89 Å². The maximum Gasteiger partial charge on any atom is -0.412 e. The van der Waals surface area contributed by atoms with Crippen molar-refractivity contribution in [2.75, 3.05) is 24.6 Å². The Morgan fingerprint density at radius 2 is 0.789 bits per heavy atom. The quantitative estimate of drug-likeness (QED) is 0.515. The third-order valence-corrected chi connectivity index (χ3v) is 10.2. The maximum absolute atomic E-state index is 11.6. The molecule has 2 nitrogen and oxygen atoms in total. The first-order chi connectivity index (χ1) is 8.54. The van der Waals surface area contributed by atoms with Crippen molar-refractivity contribution in [2.45, 2.75) is 79.1 Å². The summed E-state index contributed by atoms with van der Waals surface area (Å²) in [5.74, 6) is 0. The number of hydrogen-bond donors (Lipinski definition) is 1. The standard InChI is InChI=1S/C16H37OP.H2O/c1-5-9-13-18(17,14-10-6-2,15-11-7-3)16-12-8-4;/h17H,5-16H2,1-4H3;1H2. The van der Waals surface area contributed by atoms with Gasteiger partial charge in [0.05, 0.1) is 0 Å². The summed E-state index contributed by atoms with van der Waals surface area (Å²) in [5, 5.41) is 0. The van der Waals surface area contributed by atoms with E-state index in [0.717, 1.165) is 24.6 Å². The van der Waals surface area contributed by atoms with Gasteiger partial charge < -0.3 is 5.48 Å². The summed E-state index contributed by atoms with van der Waals surface area (Å²) in [6.07, 6.45) is 14.4. The van der Waals surface area contributed by atoms with Gasteiger partial charge in [0.25, 0.3) is 0 Å². The molecule has 0 amide bonds. The second-order valence-electron chi connectivity index (χ2n) is 6.22. The van der Waals surface area contributed by atoms with Crippen molar-refractivity contribution in [3.05, 3.63) is 0 Å². The van der Waals surface area contributed by atoms with E-state index in [2.05, 4.69) is 27.7 Å². The summed E-state index contributed by atoms with van der Waals surface area (Å²) in [7, 11) is 0. The molecule has 0 unspecified atom stereocenters. The van der Waals surface area contributed by atoms with Gasteiger partial charge in [-0.15, -0.1) is 0 Å². The second kappa shape index (κ2) is 11.1. The molecule has 0 bridgehead atoms. The van der Waals surface area contributed by atoms with E-state index < -0.39 is 6.83 Å². The minimum Gasteiger partial charge on any atom is -0.412 e. The molecule has 0 spiro atoms. The fourth-order valence-corrected chi connectivity index (χ4v) is 8.78. The molecule has 0 aliphatic carbocycles. The Bertz CT molecular complexity index is 163. The summed E-state index contributed by atoms with van der Waals surface area (Å²) >= 11 is 0. The summed E-state index contributed by atoms with van der Waals surface area (Å²) in [6, 6.07) is 0. The van der Waals surface area contributed by atoms with Crippen molar-refractivity contribution in [1.82, 2.24) is 0 Å². The Balaban J connectivity index is 0. The van der Waals surface area contributed by atoms with Crippen LogP contribution in [0.1, 0.15) is 79.1 Å². The predicted octanol–water partition coefficient (Wildman–Crippen LogP) is 4.82. The van der Waals surface area contributed by atoms with Gasteiger partial charge in [-0.3, -0.25) is 0 Å². The molecule has 0 aliphatic heterocycles. The summed E-state index contributed by atoms with van der Waals surface area (Å²) < 4.78 is 0. The van der Waals surface area contributed by atoms with E-state index >= 15 is 0 Å². The normalized spacial score (nSPS) is 13.6. The van der Waals surface area contributed by atoms with Crippen molar-refractivity contribution in [1.29, 1.82) is 0 Å². The third-order valence-electron chi connectivity index (χ3n) is 4.34. The predicted molar refractivity (Wildman–Crippen MR) is 91.9 cm³/mol. The van der Waals surface area contributed by atoms with E-state index in [1.54, 1.807) is 0 Å². The Morgan fingerprint density at radius 1 is 0.579 bits per heavy atom. The molecule has 0 radical (unpaired) electrons. The first-order valence-electron chi connectivity index (χ1n) is 8.29. The SMILES string of the molecule is CCCCP(O)(CCCC)(CCCC)CCCC.O. The van der Waals surface area contributed by atoms with Gasteiger partial charge in [-0.2, -0.15) is 0 Å². The first-order valence-corrected chi connectivity index (χ1v) is 11.2. The molecule has 0 heterocycles. The molecule has 0 aromatic heterocycles. The fraction of sp³-hybridized carbons (Fsp3) is 1.00. The van der Waals surface area contributed by atoms with Crippen LogP contribution in [-0.2, 0) is 0 Å². The summed E-state index contributed by atoms with van der Waals surface area (Å²) in [6.45, 7) is 6.64. The molecular weight excluding hydrogens is 255 g/mol. The Labute approximate surface area is 121 Å². The van der Waals surface area contributed by atoms with E-state index in [-0.39, 0.29) is 5.48 Å². The molecular formula is C16H39O2P. The molecule has 0 saturated carbocycles. The average Bonchev–Trinajstić information content (AvgIpc) is 2.40. The largest absolute Gasteiger partial charge is 0.412 e. The van der Waals surface area contributed by atoms with E-state index in [0.29, 0.717) is 0 Å². The van der Waals surface area contributed by atoms with Crippen molar-refractivity contribution in [3.63, 3.8) is 0 Å². The van der Waals surface area contributed by atoms with Gasteiger partial charge in [0, 0.05) is 0 Å². The fourth-order valence-electron chi connectivity index (χ4n) is 2.93. The van der Waals surface area contributed by atoms with E-state index in [1.165, 1.54) is 51.4 Å². The summed E-state index contributed by atoms with van der Waals surface area (Å²) in [5.41, 5.74) is 0. The van der Waals surface area contributed by atoms with Crippen LogP contribution in [0.4, 0.5) is 0 Å². The second-order valence-corrected chi connectivity index (χ2v) is 11.8. The van der Waals surface area contributed by atoms with Crippen LogP contribution in [0, 0.1) is 0 Å². The molecule has 0 aliphatic rings. The average molecular weight is 294 g/mol. The van der Waals surface area contributed by atoms with Crippen LogP contribution in [0.15, 0.2) is 0 Å². The molecule has 120 valence electrons. The molecule has 0 atom stereocenters.